The highest BCUT2D eigenvalue weighted by atomic mass is 16.6. The lowest BCUT2D eigenvalue weighted by atomic mass is 10.1. The number of carbonyl (C=O) groups is 1. The highest BCUT2D eigenvalue weighted by Gasteiger charge is 2.25. The quantitative estimate of drug-likeness (QED) is 0.628. The van der Waals surface area contributed by atoms with Crippen molar-refractivity contribution in [2.75, 3.05) is 5.32 Å². The number of aryl methyl sites for hydroxylation is 1. The second-order valence-corrected chi connectivity index (χ2v) is 4.91. The third-order valence-electron chi connectivity index (χ3n) is 3.11. The number of nitrogens with zero attached hydrogens (tertiary/aromatic N) is 1. The number of rotatable bonds is 5. The molecule has 19 heavy (non-hydrogen) atoms. The number of anilines is 1. The highest BCUT2D eigenvalue weighted by Crippen LogP contribution is 2.23. The molecule has 102 valence electrons. The number of benzene rings is 1. The first-order valence-electron chi connectivity index (χ1n) is 6.29. The van der Waals surface area contributed by atoms with Gasteiger partial charge in [0, 0.05) is 23.4 Å². The minimum absolute atomic E-state index is 0.0554. The average Bonchev–Trinajstić information content (AvgIpc) is 3.15. The lowest BCUT2D eigenvalue weighted by molar-refractivity contribution is -0.385. The van der Waals surface area contributed by atoms with Crippen LogP contribution in [-0.2, 0) is 4.79 Å². The maximum Gasteiger partial charge on any atom is 0.274 e. The van der Waals surface area contributed by atoms with E-state index in [9.17, 15) is 14.9 Å². The van der Waals surface area contributed by atoms with Crippen LogP contribution in [0.15, 0.2) is 18.2 Å². The molecule has 6 nitrogen and oxygen atoms in total. The molecule has 1 amide bonds. The minimum Gasteiger partial charge on any atom is -0.374 e. The second kappa shape index (κ2) is 5.26. The fraction of sp³-hybridized carbons (Fsp3) is 0.462. The summed E-state index contributed by atoms with van der Waals surface area (Å²) in [7, 11) is 0. The molecule has 1 unspecified atom stereocenters. The van der Waals surface area contributed by atoms with Gasteiger partial charge in [-0.15, -0.1) is 0 Å². The molecule has 0 aromatic heterocycles. The van der Waals surface area contributed by atoms with E-state index in [1.807, 2.05) is 0 Å². The number of nitro groups is 1. The Kier molecular flexibility index (Phi) is 3.69. The molecule has 1 aromatic rings. The van der Waals surface area contributed by atoms with Crippen LogP contribution >= 0.6 is 0 Å². The molecule has 0 aliphatic heterocycles. The Morgan fingerprint density at radius 2 is 2.16 bits per heavy atom. The fourth-order valence-electron chi connectivity index (χ4n) is 1.77. The van der Waals surface area contributed by atoms with Crippen LogP contribution < -0.4 is 10.6 Å². The van der Waals surface area contributed by atoms with Crippen LogP contribution in [0, 0.1) is 17.0 Å². The monoisotopic (exact) mass is 263 g/mol. The highest BCUT2D eigenvalue weighted by molar-refractivity contribution is 5.84. The van der Waals surface area contributed by atoms with Gasteiger partial charge in [-0.3, -0.25) is 14.9 Å². The van der Waals surface area contributed by atoms with Gasteiger partial charge in [-0.05, 0) is 32.8 Å². The van der Waals surface area contributed by atoms with Gasteiger partial charge in [-0.1, -0.05) is 6.07 Å². The van der Waals surface area contributed by atoms with E-state index in [4.69, 9.17) is 0 Å². The molecule has 0 heterocycles. The first-order chi connectivity index (χ1) is 8.97. The first kappa shape index (κ1) is 13.3. The Labute approximate surface area is 111 Å². The Bertz CT molecular complexity index is 512. The predicted molar refractivity (Wildman–Crippen MR) is 72.1 cm³/mol. The molecule has 1 aromatic carbocycles. The zero-order valence-corrected chi connectivity index (χ0v) is 11.0. The summed E-state index contributed by atoms with van der Waals surface area (Å²) in [5, 5.41) is 16.7. The number of nitrogens with one attached hydrogen (secondary N) is 2. The van der Waals surface area contributed by atoms with Gasteiger partial charge >= 0.3 is 0 Å². The largest absolute Gasteiger partial charge is 0.374 e. The van der Waals surface area contributed by atoms with Gasteiger partial charge in [0.15, 0.2) is 0 Å². The van der Waals surface area contributed by atoms with E-state index in [-0.39, 0.29) is 11.6 Å². The molecule has 0 saturated heterocycles. The molecule has 1 aliphatic rings. The molecule has 0 spiro atoms. The smallest absolute Gasteiger partial charge is 0.274 e. The van der Waals surface area contributed by atoms with Gasteiger partial charge in [0.2, 0.25) is 5.91 Å². The molecular weight excluding hydrogens is 246 g/mol. The van der Waals surface area contributed by atoms with Crippen molar-refractivity contribution < 1.29 is 9.72 Å². The third kappa shape index (κ3) is 3.43. The van der Waals surface area contributed by atoms with E-state index in [0.29, 0.717) is 17.3 Å². The normalized spacial score (nSPS) is 15.7. The van der Waals surface area contributed by atoms with Crippen molar-refractivity contribution in [1.29, 1.82) is 0 Å². The van der Waals surface area contributed by atoms with Gasteiger partial charge < -0.3 is 10.6 Å². The van der Waals surface area contributed by atoms with Crippen molar-refractivity contribution in [3.63, 3.8) is 0 Å². The van der Waals surface area contributed by atoms with Crippen molar-refractivity contribution in [1.82, 2.24) is 5.32 Å². The van der Waals surface area contributed by atoms with Crippen LogP contribution in [-0.4, -0.2) is 22.9 Å². The van der Waals surface area contributed by atoms with Crippen LogP contribution in [0.5, 0.6) is 0 Å². The van der Waals surface area contributed by atoms with Crippen LogP contribution in [0.4, 0.5) is 11.4 Å². The molecule has 1 fully saturated rings. The van der Waals surface area contributed by atoms with Gasteiger partial charge in [0.25, 0.3) is 5.69 Å². The lowest BCUT2D eigenvalue weighted by Gasteiger charge is -2.15. The zero-order chi connectivity index (χ0) is 14.0. The summed E-state index contributed by atoms with van der Waals surface area (Å²) in [6.45, 7) is 3.43. The molecular formula is C13H17N3O3. The van der Waals surface area contributed by atoms with Gasteiger partial charge in [-0.25, -0.2) is 0 Å². The van der Waals surface area contributed by atoms with Crippen LogP contribution in [0.2, 0.25) is 0 Å². The molecule has 2 rings (SSSR count). The van der Waals surface area contributed by atoms with Gasteiger partial charge in [0.05, 0.1) is 4.92 Å². The van der Waals surface area contributed by atoms with E-state index in [0.717, 1.165) is 12.8 Å². The van der Waals surface area contributed by atoms with E-state index < -0.39 is 11.0 Å². The summed E-state index contributed by atoms with van der Waals surface area (Å²) >= 11 is 0. The summed E-state index contributed by atoms with van der Waals surface area (Å²) < 4.78 is 0. The topological polar surface area (TPSA) is 84.3 Å². The number of hydrogen-bond donors (Lipinski definition) is 2. The minimum atomic E-state index is -0.421. The maximum atomic E-state index is 11.8. The van der Waals surface area contributed by atoms with E-state index in [1.54, 1.807) is 26.0 Å². The first-order valence-corrected chi connectivity index (χ1v) is 6.29. The Hall–Kier alpha value is -2.11. The molecule has 6 heteroatoms. The van der Waals surface area contributed by atoms with Crippen molar-refractivity contribution in [3.8, 4) is 0 Å². The van der Waals surface area contributed by atoms with E-state index in [1.165, 1.54) is 6.07 Å². The number of amides is 1. The van der Waals surface area contributed by atoms with Crippen LogP contribution in [0.3, 0.4) is 0 Å². The molecule has 1 saturated carbocycles. The Balaban J connectivity index is 2.03. The van der Waals surface area contributed by atoms with E-state index >= 15 is 0 Å². The SMILES string of the molecule is Cc1ccc(NC(C)C(=O)NC2CC2)cc1[N+](=O)[O-]. The van der Waals surface area contributed by atoms with Crippen molar-refractivity contribution in [3.05, 3.63) is 33.9 Å². The molecule has 2 N–H and O–H groups in total. The van der Waals surface area contributed by atoms with Crippen molar-refractivity contribution >= 4 is 17.3 Å². The van der Waals surface area contributed by atoms with Crippen molar-refractivity contribution in [2.24, 2.45) is 0 Å². The zero-order valence-electron chi connectivity index (χ0n) is 11.0. The third-order valence-corrected chi connectivity index (χ3v) is 3.11. The summed E-state index contributed by atoms with van der Waals surface area (Å²) in [5.41, 5.74) is 1.24. The molecule has 0 radical (unpaired) electrons. The summed E-state index contributed by atoms with van der Waals surface area (Å²) in [4.78, 5) is 22.2. The van der Waals surface area contributed by atoms with Crippen molar-refractivity contribution in [2.45, 2.75) is 38.8 Å². The second-order valence-electron chi connectivity index (χ2n) is 4.91. The standard InChI is InChI=1S/C13H17N3O3/c1-8-3-4-11(7-12(8)16(18)19)14-9(2)13(17)15-10-5-6-10/h3-4,7,9-10,14H,5-6H2,1-2H3,(H,15,17). The Morgan fingerprint density at radius 3 is 2.74 bits per heavy atom. The van der Waals surface area contributed by atoms with Crippen LogP contribution in [0.25, 0.3) is 0 Å². The van der Waals surface area contributed by atoms with Gasteiger partial charge in [-0.2, -0.15) is 0 Å². The van der Waals surface area contributed by atoms with Crippen LogP contribution in [0.1, 0.15) is 25.3 Å². The molecule has 1 aliphatic carbocycles. The van der Waals surface area contributed by atoms with Gasteiger partial charge in [0.1, 0.15) is 6.04 Å². The summed E-state index contributed by atoms with van der Waals surface area (Å²) in [6.07, 6.45) is 2.07. The Morgan fingerprint density at radius 1 is 1.47 bits per heavy atom. The van der Waals surface area contributed by atoms with E-state index in [2.05, 4.69) is 10.6 Å². The fourth-order valence-corrected chi connectivity index (χ4v) is 1.77. The average molecular weight is 263 g/mol. The summed E-state index contributed by atoms with van der Waals surface area (Å²) in [6, 6.07) is 4.76. The molecule has 1 atom stereocenters. The number of nitro benzene ring substituents is 1. The number of carbonyl (C=O) groups excluding carboxylic acids is 1. The predicted octanol–water partition coefficient (Wildman–Crippen LogP) is 1.98. The molecule has 0 bridgehead atoms. The summed E-state index contributed by atoms with van der Waals surface area (Å²) in [5.74, 6) is -0.0780. The lowest BCUT2D eigenvalue weighted by Crippen LogP contribution is -2.38. The maximum absolute atomic E-state index is 11.8. The number of hydrogen-bond acceptors (Lipinski definition) is 4.